The Balaban J connectivity index is 3.76. The molecule has 0 saturated carbocycles. The Labute approximate surface area is 68.6 Å². The number of amides is 1. The first kappa shape index (κ1) is 10.4. The summed E-state index contributed by atoms with van der Waals surface area (Å²) in [6, 6.07) is 0.0962. The number of carbonyl (C=O) groups is 1. The van der Waals surface area contributed by atoms with Crippen molar-refractivity contribution in [1.29, 1.82) is 0 Å². The predicted octanol–water partition coefficient (Wildman–Crippen LogP) is 0.448. The molecule has 0 heterocycles. The molecule has 0 aliphatic carbocycles. The molecule has 66 valence electrons. The van der Waals surface area contributed by atoms with Crippen molar-refractivity contribution in [3.63, 3.8) is 0 Å². The molecule has 0 unspecified atom stereocenters. The van der Waals surface area contributed by atoms with E-state index in [4.69, 9.17) is 5.73 Å². The fourth-order valence-electron chi connectivity index (χ4n) is 0.644. The van der Waals surface area contributed by atoms with Crippen LogP contribution < -0.4 is 5.73 Å². The van der Waals surface area contributed by atoms with Crippen LogP contribution in [-0.4, -0.2) is 30.9 Å². The Hall–Kier alpha value is -0.570. The van der Waals surface area contributed by atoms with Gasteiger partial charge in [-0.05, 0) is 12.8 Å². The van der Waals surface area contributed by atoms with Gasteiger partial charge >= 0.3 is 0 Å². The van der Waals surface area contributed by atoms with Gasteiger partial charge in [0.25, 0.3) is 0 Å². The SMILES string of the molecule is C[C@H](CC(=O)N(C)C)[C@@H](C)N. The van der Waals surface area contributed by atoms with E-state index in [9.17, 15) is 4.79 Å². The Kier molecular flexibility index (Phi) is 4.11. The molecule has 0 aliphatic heterocycles. The average Bonchev–Trinajstić information content (AvgIpc) is 1.87. The lowest BCUT2D eigenvalue weighted by Gasteiger charge is -2.17. The van der Waals surface area contributed by atoms with Gasteiger partial charge in [0.15, 0.2) is 0 Å². The van der Waals surface area contributed by atoms with Crippen LogP contribution in [0.5, 0.6) is 0 Å². The summed E-state index contributed by atoms with van der Waals surface area (Å²) < 4.78 is 0. The van der Waals surface area contributed by atoms with E-state index in [-0.39, 0.29) is 17.9 Å². The van der Waals surface area contributed by atoms with Crippen molar-refractivity contribution < 1.29 is 4.79 Å². The van der Waals surface area contributed by atoms with Crippen molar-refractivity contribution in [1.82, 2.24) is 4.90 Å². The molecule has 3 heteroatoms. The summed E-state index contributed by atoms with van der Waals surface area (Å²) in [7, 11) is 3.52. The zero-order valence-corrected chi connectivity index (χ0v) is 7.79. The molecule has 1 amide bonds. The minimum absolute atomic E-state index is 0.0962. The quantitative estimate of drug-likeness (QED) is 0.648. The summed E-state index contributed by atoms with van der Waals surface area (Å²) in [6.45, 7) is 3.92. The number of hydrogen-bond donors (Lipinski definition) is 1. The largest absolute Gasteiger partial charge is 0.349 e. The Bertz CT molecular complexity index is 132. The van der Waals surface area contributed by atoms with Crippen molar-refractivity contribution in [3.05, 3.63) is 0 Å². The van der Waals surface area contributed by atoms with Gasteiger partial charge in [0.05, 0.1) is 0 Å². The van der Waals surface area contributed by atoms with Crippen molar-refractivity contribution in [2.75, 3.05) is 14.1 Å². The highest BCUT2D eigenvalue weighted by atomic mass is 16.2. The molecule has 11 heavy (non-hydrogen) atoms. The Morgan fingerprint density at radius 3 is 2.18 bits per heavy atom. The van der Waals surface area contributed by atoms with E-state index in [0.717, 1.165) is 0 Å². The summed E-state index contributed by atoms with van der Waals surface area (Å²) in [6.07, 6.45) is 0.546. The lowest BCUT2D eigenvalue weighted by atomic mass is 10.0. The summed E-state index contributed by atoms with van der Waals surface area (Å²) in [5.74, 6) is 0.416. The van der Waals surface area contributed by atoms with E-state index in [2.05, 4.69) is 0 Å². The number of hydrogen-bond acceptors (Lipinski definition) is 2. The van der Waals surface area contributed by atoms with E-state index < -0.39 is 0 Å². The highest BCUT2D eigenvalue weighted by molar-refractivity contribution is 5.75. The first-order valence-electron chi connectivity index (χ1n) is 3.91. The van der Waals surface area contributed by atoms with Crippen LogP contribution in [-0.2, 0) is 4.79 Å². The first-order chi connectivity index (χ1) is 4.95. The maximum Gasteiger partial charge on any atom is 0.222 e. The third kappa shape index (κ3) is 3.98. The molecular weight excluding hydrogens is 140 g/mol. The number of nitrogens with zero attached hydrogens (tertiary/aromatic N) is 1. The molecule has 3 nitrogen and oxygen atoms in total. The van der Waals surface area contributed by atoms with Gasteiger partial charge in [-0.3, -0.25) is 4.79 Å². The zero-order chi connectivity index (χ0) is 9.02. The second-order valence-electron chi connectivity index (χ2n) is 3.33. The molecule has 0 aromatic rings. The molecule has 2 N–H and O–H groups in total. The fraction of sp³-hybridized carbons (Fsp3) is 0.875. The number of nitrogens with two attached hydrogens (primary N) is 1. The average molecular weight is 158 g/mol. The third-order valence-corrected chi connectivity index (χ3v) is 1.89. The van der Waals surface area contributed by atoms with Crippen LogP contribution in [0.2, 0.25) is 0 Å². The van der Waals surface area contributed by atoms with Gasteiger partial charge in [-0.15, -0.1) is 0 Å². The molecule has 0 bridgehead atoms. The molecule has 0 fully saturated rings. The van der Waals surface area contributed by atoms with Crippen molar-refractivity contribution in [3.8, 4) is 0 Å². The predicted molar refractivity (Wildman–Crippen MR) is 46.1 cm³/mol. The van der Waals surface area contributed by atoms with E-state index in [1.165, 1.54) is 0 Å². The molecular formula is C8H18N2O. The molecule has 0 aliphatic rings. The van der Waals surface area contributed by atoms with E-state index in [1.807, 2.05) is 13.8 Å². The summed E-state index contributed by atoms with van der Waals surface area (Å²) >= 11 is 0. The van der Waals surface area contributed by atoms with Gasteiger partial charge in [-0.25, -0.2) is 0 Å². The standard InChI is InChI=1S/C8H18N2O/c1-6(7(2)9)5-8(11)10(3)4/h6-7H,5,9H2,1-4H3/t6-,7-/m1/s1. The molecule has 0 saturated heterocycles. The smallest absolute Gasteiger partial charge is 0.222 e. The van der Waals surface area contributed by atoms with Crippen LogP contribution >= 0.6 is 0 Å². The maximum atomic E-state index is 11.1. The van der Waals surface area contributed by atoms with Gasteiger partial charge in [0, 0.05) is 26.6 Å². The van der Waals surface area contributed by atoms with Crippen LogP contribution in [0.1, 0.15) is 20.3 Å². The molecule has 0 spiro atoms. The van der Waals surface area contributed by atoms with Gasteiger partial charge in [-0.2, -0.15) is 0 Å². The highest BCUT2D eigenvalue weighted by Gasteiger charge is 2.13. The van der Waals surface area contributed by atoms with Crippen LogP contribution in [0.15, 0.2) is 0 Å². The molecule has 0 aromatic carbocycles. The minimum Gasteiger partial charge on any atom is -0.349 e. The monoisotopic (exact) mass is 158 g/mol. The fourth-order valence-corrected chi connectivity index (χ4v) is 0.644. The normalized spacial score (nSPS) is 15.7. The van der Waals surface area contributed by atoms with Crippen molar-refractivity contribution in [2.24, 2.45) is 11.7 Å². The van der Waals surface area contributed by atoms with E-state index in [0.29, 0.717) is 6.42 Å². The van der Waals surface area contributed by atoms with Gasteiger partial charge in [-0.1, -0.05) is 6.92 Å². The van der Waals surface area contributed by atoms with Gasteiger partial charge < -0.3 is 10.6 Å². The summed E-state index contributed by atoms with van der Waals surface area (Å²) in [5.41, 5.74) is 5.61. The van der Waals surface area contributed by atoms with E-state index in [1.54, 1.807) is 19.0 Å². The van der Waals surface area contributed by atoms with Crippen LogP contribution in [0.4, 0.5) is 0 Å². The maximum absolute atomic E-state index is 11.1. The first-order valence-corrected chi connectivity index (χ1v) is 3.91. The summed E-state index contributed by atoms with van der Waals surface area (Å²) in [4.78, 5) is 12.7. The summed E-state index contributed by atoms with van der Waals surface area (Å²) in [5, 5.41) is 0. The van der Waals surface area contributed by atoms with Crippen LogP contribution in [0, 0.1) is 5.92 Å². The van der Waals surface area contributed by atoms with Crippen molar-refractivity contribution in [2.45, 2.75) is 26.3 Å². The Morgan fingerprint density at radius 2 is 1.91 bits per heavy atom. The highest BCUT2D eigenvalue weighted by Crippen LogP contribution is 2.06. The molecule has 0 radical (unpaired) electrons. The van der Waals surface area contributed by atoms with Crippen LogP contribution in [0.3, 0.4) is 0 Å². The van der Waals surface area contributed by atoms with Crippen LogP contribution in [0.25, 0.3) is 0 Å². The lowest BCUT2D eigenvalue weighted by Crippen LogP contribution is -2.30. The third-order valence-electron chi connectivity index (χ3n) is 1.89. The van der Waals surface area contributed by atoms with E-state index >= 15 is 0 Å². The van der Waals surface area contributed by atoms with Gasteiger partial charge in [0.2, 0.25) is 5.91 Å². The van der Waals surface area contributed by atoms with Gasteiger partial charge in [0.1, 0.15) is 0 Å². The minimum atomic E-state index is 0.0962. The number of rotatable bonds is 3. The molecule has 0 aromatic heterocycles. The topological polar surface area (TPSA) is 46.3 Å². The second-order valence-corrected chi connectivity index (χ2v) is 3.33. The second kappa shape index (κ2) is 4.34. The molecule has 0 rings (SSSR count). The zero-order valence-electron chi connectivity index (χ0n) is 7.79. The molecule has 2 atom stereocenters. The Morgan fingerprint density at radius 1 is 1.45 bits per heavy atom. The number of carbonyl (C=O) groups excluding carboxylic acids is 1. The lowest BCUT2D eigenvalue weighted by molar-refractivity contribution is -0.129. The van der Waals surface area contributed by atoms with Crippen molar-refractivity contribution >= 4 is 5.91 Å².